The van der Waals surface area contributed by atoms with E-state index in [1.165, 1.54) is 0 Å². The predicted octanol–water partition coefficient (Wildman–Crippen LogP) is 4.14. The largest absolute Gasteiger partial charge is 0.496 e. The van der Waals surface area contributed by atoms with Crippen LogP contribution in [0, 0.1) is 13.8 Å². The van der Waals surface area contributed by atoms with E-state index in [0.717, 1.165) is 57.9 Å². The molecule has 2 heterocycles. The topological polar surface area (TPSA) is 49.2 Å². The molecule has 126 valence electrons. The van der Waals surface area contributed by atoms with Gasteiger partial charge in [-0.3, -0.25) is 4.68 Å². The maximum Gasteiger partial charge on any atom is 0.134 e. The quantitative estimate of drug-likeness (QED) is 0.707. The second kappa shape index (κ2) is 6.51. The van der Waals surface area contributed by atoms with Crippen LogP contribution in [0.3, 0.4) is 0 Å². The number of pyridine rings is 1. The summed E-state index contributed by atoms with van der Waals surface area (Å²) in [5.74, 6) is 1.60. The number of fused-ring (bicyclic) bond motifs is 1. The summed E-state index contributed by atoms with van der Waals surface area (Å²) in [4.78, 5) is 4.81. The van der Waals surface area contributed by atoms with Crippen molar-refractivity contribution in [2.24, 2.45) is 0 Å². The SMILES string of the molecule is CCCn1ncc2nc(-c3ccc(OC)c(C)c3OC)cc(C)c21. The molecule has 0 aliphatic rings. The number of aryl methyl sites for hydroxylation is 2. The Morgan fingerprint density at radius 1 is 1.12 bits per heavy atom. The van der Waals surface area contributed by atoms with Gasteiger partial charge < -0.3 is 9.47 Å². The van der Waals surface area contributed by atoms with E-state index >= 15 is 0 Å². The van der Waals surface area contributed by atoms with Crippen molar-refractivity contribution in [1.82, 2.24) is 14.8 Å². The van der Waals surface area contributed by atoms with Crippen molar-refractivity contribution in [2.45, 2.75) is 33.7 Å². The van der Waals surface area contributed by atoms with E-state index in [1.54, 1.807) is 14.2 Å². The van der Waals surface area contributed by atoms with Gasteiger partial charge in [-0.15, -0.1) is 0 Å². The third-order valence-corrected chi connectivity index (χ3v) is 4.28. The van der Waals surface area contributed by atoms with Gasteiger partial charge in [0.15, 0.2) is 0 Å². The second-order valence-corrected chi connectivity index (χ2v) is 5.90. The monoisotopic (exact) mass is 325 g/mol. The Balaban J connectivity index is 2.19. The van der Waals surface area contributed by atoms with Crippen LogP contribution in [0.5, 0.6) is 11.5 Å². The molecule has 0 bridgehead atoms. The van der Waals surface area contributed by atoms with E-state index in [9.17, 15) is 0 Å². The van der Waals surface area contributed by atoms with Gasteiger partial charge in [-0.25, -0.2) is 4.98 Å². The lowest BCUT2D eigenvalue weighted by atomic mass is 10.0. The first kappa shape index (κ1) is 16.3. The number of benzene rings is 1. The van der Waals surface area contributed by atoms with Crippen molar-refractivity contribution in [1.29, 1.82) is 0 Å². The molecule has 0 unspecified atom stereocenters. The van der Waals surface area contributed by atoms with Gasteiger partial charge in [-0.2, -0.15) is 5.10 Å². The van der Waals surface area contributed by atoms with Crippen LogP contribution >= 0.6 is 0 Å². The van der Waals surface area contributed by atoms with Crippen LogP contribution in [0.1, 0.15) is 24.5 Å². The zero-order valence-electron chi connectivity index (χ0n) is 14.9. The third kappa shape index (κ3) is 2.60. The molecule has 0 aliphatic carbocycles. The fourth-order valence-electron chi connectivity index (χ4n) is 3.18. The van der Waals surface area contributed by atoms with Crippen LogP contribution in [0.2, 0.25) is 0 Å². The van der Waals surface area contributed by atoms with Gasteiger partial charge in [0.25, 0.3) is 0 Å². The Labute approximate surface area is 142 Å². The number of rotatable bonds is 5. The molecule has 5 heteroatoms. The molecule has 5 nitrogen and oxygen atoms in total. The number of hydrogen-bond donors (Lipinski definition) is 0. The number of ether oxygens (including phenoxy) is 2. The smallest absolute Gasteiger partial charge is 0.134 e. The van der Waals surface area contributed by atoms with Crippen LogP contribution in [0.15, 0.2) is 24.4 Å². The summed E-state index contributed by atoms with van der Waals surface area (Å²) < 4.78 is 13.0. The average molecular weight is 325 g/mol. The zero-order valence-corrected chi connectivity index (χ0v) is 14.9. The molecular formula is C19H23N3O2. The summed E-state index contributed by atoms with van der Waals surface area (Å²) >= 11 is 0. The fourth-order valence-corrected chi connectivity index (χ4v) is 3.18. The highest BCUT2D eigenvalue weighted by Crippen LogP contribution is 2.38. The molecule has 0 saturated carbocycles. The van der Waals surface area contributed by atoms with Crippen LogP contribution in [-0.2, 0) is 6.54 Å². The van der Waals surface area contributed by atoms with Gasteiger partial charge in [0.05, 0.1) is 31.6 Å². The Bertz CT molecular complexity index is 884. The summed E-state index contributed by atoms with van der Waals surface area (Å²) in [6.45, 7) is 7.14. The Hall–Kier alpha value is -2.56. The van der Waals surface area contributed by atoms with E-state index in [2.05, 4.69) is 25.0 Å². The molecular weight excluding hydrogens is 302 g/mol. The Kier molecular flexibility index (Phi) is 4.42. The first-order valence-corrected chi connectivity index (χ1v) is 8.15. The van der Waals surface area contributed by atoms with Crippen LogP contribution < -0.4 is 9.47 Å². The van der Waals surface area contributed by atoms with E-state index in [0.29, 0.717) is 0 Å². The van der Waals surface area contributed by atoms with E-state index in [1.807, 2.05) is 29.9 Å². The number of aromatic nitrogens is 3. The maximum absolute atomic E-state index is 5.63. The van der Waals surface area contributed by atoms with Crippen molar-refractivity contribution in [3.63, 3.8) is 0 Å². The first-order valence-electron chi connectivity index (χ1n) is 8.15. The second-order valence-electron chi connectivity index (χ2n) is 5.90. The fraction of sp³-hybridized carbons (Fsp3) is 0.368. The summed E-state index contributed by atoms with van der Waals surface area (Å²) in [6.07, 6.45) is 2.88. The van der Waals surface area contributed by atoms with Crippen LogP contribution in [0.25, 0.3) is 22.3 Å². The standard InChI is InChI=1S/C19H23N3O2/c1-6-9-22-18-12(2)10-15(21-16(18)11-20-22)14-7-8-17(23-4)13(3)19(14)24-5/h7-8,10-11H,6,9H2,1-5H3. The molecule has 0 spiro atoms. The summed E-state index contributed by atoms with van der Waals surface area (Å²) in [7, 11) is 3.34. The molecule has 3 rings (SSSR count). The van der Waals surface area contributed by atoms with Gasteiger partial charge in [0.1, 0.15) is 17.0 Å². The van der Waals surface area contributed by atoms with Gasteiger partial charge >= 0.3 is 0 Å². The lowest BCUT2D eigenvalue weighted by Crippen LogP contribution is -2.01. The Morgan fingerprint density at radius 3 is 2.58 bits per heavy atom. The zero-order chi connectivity index (χ0) is 17.3. The highest BCUT2D eigenvalue weighted by molar-refractivity contribution is 5.83. The van der Waals surface area contributed by atoms with E-state index in [-0.39, 0.29) is 0 Å². The highest BCUT2D eigenvalue weighted by atomic mass is 16.5. The Morgan fingerprint density at radius 2 is 1.92 bits per heavy atom. The van der Waals surface area contributed by atoms with Gasteiger partial charge in [0, 0.05) is 17.7 Å². The molecule has 0 amide bonds. The minimum Gasteiger partial charge on any atom is -0.496 e. The lowest BCUT2D eigenvalue weighted by molar-refractivity contribution is 0.390. The summed E-state index contributed by atoms with van der Waals surface area (Å²) in [6, 6.07) is 6.05. The van der Waals surface area contributed by atoms with Crippen molar-refractivity contribution >= 4 is 11.0 Å². The third-order valence-electron chi connectivity index (χ3n) is 4.28. The molecule has 2 aromatic heterocycles. The highest BCUT2D eigenvalue weighted by Gasteiger charge is 2.16. The molecule has 0 atom stereocenters. The van der Waals surface area contributed by atoms with Crippen molar-refractivity contribution in [3.05, 3.63) is 35.5 Å². The molecule has 0 aliphatic heterocycles. The molecule has 0 radical (unpaired) electrons. The molecule has 0 fully saturated rings. The summed E-state index contributed by atoms with van der Waals surface area (Å²) in [5.41, 5.74) is 6.00. The average Bonchev–Trinajstić information content (AvgIpc) is 2.98. The molecule has 3 aromatic rings. The van der Waals surface area contributed by atoms with Crippen molar-refractivity contribution in [2.75, 3.05) is 14.2 Å². The molecule has 0 saturated heterocycles. The molecule has 1 aromatic carbocycles. The maximum atomic E-state index is 5.63. The number of nitrogens with zero attached hydrogens (tertiary/aromatic N) is 3. The van der Waals surface area contributed by atoms with Crippen LogP contribution in [0.4, 0.5) is 0 Å². The number of hydrogen-bond acceptors (Lipinski definition) is 4. The normalized spacial score (nSPS) is 11.0. The van der Waals surface area contributed by atoms with E-state index < -0.39 is 0 Å². The van der Waals surface area contributed by atoms with Crippen molar-refractivity contribution < 1.29 is 9.47 Å². The summed E-state index contributed by atoms with van der Waals surface area (Å²) in [5, 5.41) is 4.47. The predicted molar refractivity (Wildman–Crippen MR) is 95.8 cm³/mol. The minimum atomic E-state index is 0.793. The van der Waals surface area contributed by atoms with Gasteiger partial charge in [0.2, 0.25) is 0 Å². The lowest BCUT2D eigenvalue weighted by Gasteiger charge is -2.15. The first-order chi connectivity index (χ1) is 11.6. The van der Waals surface area contributed by atoms with Gasteiger partial charge in [-0.1, -0.05) is 6.92 Å². The molecule has 0 N–H and O–H groups in total. The van der Waals surface area contributed by atoms with E-state index in [4.69, 9.17) is 14.5 Å². The van der Waals surface area contributed by atoms with Crippen LogP contribution in [-0.4, -0.2) is 29.0 Å². The van der Waals surface area contributed by atoms with Gasteiger partial charge in [-0.05, 0) is 44.0 Å². The number of methoxy groups -OCH3 is 2. The molecule has 24 heavy (non-hydrogen) atoms. The minimum absolute atomic E-state index is 0.793. The van der Waals surface area contributed by atoms with Crippen molar-refractivity contribution in [3.8, 4) is 22.8 Å².